The van der Waals surface area contributed by atoms with Crippen LogP contribution in [0, 0.1) is 11.6 Å². The summed E-state index contributed by atoms with van der Waals surface area (Å²) in [7, 11) is 0. The molecular weight excluding hydrogens is 760 g/mol. The number of piperazine rings is 1. The van der Waals surface area contributed by atoms with E-state index >= 15 is 0 Å². The molecule has 2 unspecified atom stereocenters. The number of rotatable bonds is 7. The molecule has 5 aromatic rings. The lowest BCUT2D eigenvalue weighted by Crippen LogP contribution is -2.52. The van der Waals surface area contributed by atoms with Gasteiger partial charge in [0.2, 0.25) is 11.8 Å². The van der Waals surface area contributed by atoms with E-state index < -0.39 is 23.6 Å². The summed E-state index contributed by atoms with van der Waals surface area (Å²) in [4.78, 5) is 55.7. The third kappa shape index (κ3) is 6.18. The van der Waals surface area contributed by atoms with Crippen LogP contribution >= 0.6 is 15.9 Å². The molecule has 4 aliphatic heterocycles. The molecule has 1 N–H and O–H groups in total. The molecule has 3 amide bonds. The lowest BCUT2D eigenvalue weighted by atomic mass is 10.0. The minimum atomic E-state index is -0.650. The van der Waals surface area contributed by atoms with Crippen molar-refractivity contribution in [1.29, 1.82) is 0 Å². The van der Waals surface area contributed by atoms with Gasteiger partial charge in [-0.05, 0) is 72.9 Å². The first kappa shape index (κ1) is 34.5. The number of hydrogen-bond acceptors (Lipinski definition) is 9. The van der Waals surface area contributed by atoms with Gasteiger partial charge in [-0.1, -0.05) is 28.1 Å². The Labute approximate surface area is 317 Å². The fourth-order valence-electron chi connectivity index (χ4n) is 8.23. The number of benzene rings is 2. The Morgan fingerprint density at radius 3 is 2.54 bits per heavy atom. The second-order valence-electron chi connectivity index (χ2n) is 14.2. The molecular formula is C39H36BrF2N9O3. The minimum Gasteiger partial charge on any atom is -0.354 e. The summed E-state index contributed by atoms with van der Waals surface area (Å²) >= 11 is 3.77. The first-order valence-electron chi connectivity index (χ1n) is 18.2. The molecule has 0 spiro atoms. The van der Waals surface area contributed by atoms with Crippen molar-refractivity contribution in [2.24, 2.45) is 0 Å². The number of aromatic nitrogens is 4. The number of amides is 3. The fraction of sp³-hybridized carbons (Fsp3) is 0.333. The third-order valence-corrected chi connectivity index (χ3v) is 12.0. The van der Waals surface area contributed by atoms with E-state index in [0.717, 1.165) is 71.3 Å². The highest BCUT2D eigenvalue weighted by Gasteiger charge is 2.40. The van der Waals surface area contributed by atoms with Gasteiger partial charge in [0.25, 0.3) is 5.91 Å². The van der Waals surface area contributed by atoms with Crippen molar-refractivity contribution in [2.45, 2.75) is 50.9 Å². The van der Waals surface area contributed by atoms with Gasteiger partial charge < -0.3 is 14.7 Å². The van der Waals surface area contributed by atoms with Crippen LogP contribution < -0.4 is 15.1 Å². The van der Waals surface area contributed by atoms with Crippen molar-refractivity contribution in [3.05, 3.63) is 105 Å². The lowest BCUT2D eigenvalue weighted by molar-refractivity contribution is -0.136. The maximum Gasteiger partial charge on any atom is 0.255 e. The summed E-state index contributed by atoms with van der Waals surface area (Å²) < 4.78 is 31.5. The highest BCUT2D eigenvalue weighted by molar-refractivity contribution is 9.10. The summed E-state index contributed by atoms with van der Waals surface area (Å²) in [6.45, 7) is 4.85. The van der Waals surface area contributed by atoms with Crippen molar-refractivity contribution < 1.29 is 23.2 Å². The average Bonchev–Trinajstić information content (AvgIpc) is 3.92. The van der Waals surface area contributed by atoms with Crippen molar-refractivity contribution in [3.63, 3.8) is 0 Å². The molecule has 4 aliphatic rings. The summed E-state index contributed by atoms with van der Waals surface area (Å²) in [6.07, 6.45) is 5.69. The van der Waals surface area contributed by atoms with Crippen LogP contribution in [0.3, 0.4) is 0 Å². The molecule has 54 heavy (non-hydrogen) atoms. The summed E-state index contributed by atoms with van der Waals surface area (Å²) in [5.74, 6) is -0.254. The predicted octanol–water partition coefficient (Wildman–Crippen LogP) is 5.26. The highest BCUT2D eigenvalue weighted by atomic mass is 79.9. The van der Waals surface area contributed by atoms with Crippen molar-refractivity contribution in [2.75, 3.05) is 42.5 Å². The molecule has 15 heteroatoms. The number of imide groups is 1. The van der Waals surface area contributed by atoms with E-state index in [1.165, 1.54) is 12.1 Å². The minimum absolute atomic E-state index is 0.187. The monoisotopic (exact) mass is 795 g/mol. The first-order valence-corrected chi connectivity index (χ1v) is 19.0. The second kappa shape index (κ2) is 13.9. The van der Waals surface area contributed by atoms with E-state index in [4.69, 9.17) is 9.97 Å². The van der Waals surface area contributed by atoms with Crippen LogP contribution in [0.1, 0.15) is 58.8 Å². The number of anilines is 2. The number of carbonyl (C=O) groups is 3. The van der Waals surface area contributed by atoms with E-state index in [2.05, 4.69) is 36.1 Å². The summed E-state index contributed by atoms with van der Waals surface area (Å²) in [5.41, 5.74) is 5.02. The van der Waals surface area contributed by atoms with E-state index in [1.54, 1.807) is 15.6 Å². The van der Waals surface area contributed by atoms with Gasteiger partial charge in [-0.3, -0.25) is 24.6 Å². The number of halogens is 3. The maximum absolute atomic E-state index is 14.8. The molecule has 2 atom stereocenters. The molecule has 12 nitrogen and oxygen atoms in total. The largest absolute Gasteiger partial charge is 0.354 e. The number of pyridine rings is 1. The molecule has 3 aromatic heterocycles. The van der Waals surface area contributed by atoms with Crippen LogP contribution in [0.2, 0.25) is 0 Å². The zero-order chi connectivity index (χ0) is 37.1. The Morgan fingerprint density at radius 1 is 0.852 bits per heavy atom. The molecule has 0 saturated carbocycles. The van der Waals surface area contributed by atoms with Crippen LogP contribution in [0.5, 0.6) is 0 Å². The van der Waals surface area contributed by atoms with Crippen molar-refractivity contribution >= 4 is 50.9 Å². The molecule has 0 bridgehead atoms. The molecule has 3 saturated heterocycles. The molecule has 9 rings (SSSR count). The van der Waals surface area contributed by atoms with E-state index in [1.807, 2.05) is 47.5 Å². The second-order valence-corrected chi connectivity index (χ2v) is 15.0. The Bertz CT molecular complexity index is 2330. The standard InChI is InChI=1S/C39H36BrF2N9O3/c40-36-23(6-8-25-28(36)22-50(39(25)54)32-10-11-35(52)46-38(32)53)21-47-15-17-48(18-16-47)33-5-1-3-30(44-33)27-20-43-51-14-12-34(45-37(27)51)49-13-2-4-31(49)26-19-24(41)7-9-29(26)42/h1,3,5-9,12,14,19-20,31-32H,2,4,10-11,13,15-18,21-22H2,(H,46,52,53). The van der Waals surface area contributed by atoms with Gasteiger partial charge in [0.15, 0.2) is 5.65 Å². The Morgan fingerprint density at radius 2 is 1.70 bits per heavy atom. The predicted molar refractivity (Wildman–Crippen MR) is 200 cm³/mol. The SMILES string of the molecule is O=C1CCC(N2Cc3c(ccc(CN4CCN(c5cccc(-c6cnn7ccc(N8CCCC8c8cc(F)ccc8F)nc67)n5)CC4)c3Br)C2=O)C(=O)N1. The molecule has 0 radical (unpaired) electrons. The Kier molecular flexibility index (Phi) is 8.85. The number of carbonyl (C=O) groups excluding carboxylic acids is 3. The van der Waals surface area contributed by atoms with Crippen LogP contribution in [0.15, 0.2) is 71.5 Å². The van der Waals surface area contributed by atoms with Crippen LogP contribution in [-0.2, 0) is 22.7 Å². The third-order valence-electron chi connectivity index (χ3n) is 11.0. The number of nitrogens with zero attached hydrogens (tertiary/aromatic N) is 8. The van der Waals surface area contributed by atoms with Crippen molar-refractivity contribution in [3.8, 4) is 11.3 Å². The zero-order valence-corrected chi connectivity index (χ0v) is 30.8. The normalized spacial score (nSPS) is 20.6. The summed E-state index contributed by atoms with van der Waals surface area (Å²) in [5, 5.41) is 6.90. The van der Waals surface area contributed by atoms with Crippen LogP contribution in [0.4, 0.5) is 20.4 Å². The van der Waals surface area contributed by atoms with E-state index in [9.17, 15) is 23.2 Å². The van der Waals surface area contributed by atoms with Gasteiger partial charge in [-0.2, -0.15) is 5.10 Å². The van der Waals surface area contributed by atoms with Gasteiger partial charge in [0.1, 0.15) is 29.3 Å². The smallest absolute Gasteiger partial charge is 0.255 e. The molecule has 0 aliphatic carbocycles. The number of fused-ring (bicyclic) bond motifs is 2. The lowest BCUT2D eigenvalue weighted by Gasteiger charge is -2.35. The zero-order valence-electron chi connectivity index (χ0n) is 29.2. The molecule has 7 heterocycles. The molecule has 2 aromatic carbocycles. The number of piperidine rings is 1. The fourth-order valence-corrected chi connectivity index (χ4v) is 8.83. The Hall–Kier alpha value is -5.28. The van der Waals surface area contributed by atoms with Crippen LogP contribution in [0.25, 0.3) is 16.9 Å². The van der Waals surface area contributed by atoms with Crippen LogP contribution in [-0.4, -0.2) is 85.9 Å². The Balaban J connectivity index is 0.879. The van der Waals surface area contributed by atoms with Crippen molar-refractivity contribution in [1.82, 2.24) is 34.7 Å². The van der Waals surface area contributed by atoms with E-state index in [0.29, 0.717) is 55.1 Å². The molecule has 3 fully saturated rings. The highest BCUT2D eigenvalue weighted by Crippen LogP contribution is 2.38. The maximum atomic E-state index is 14.8. The van der Waals surface area contributed by atoms with Gasteiger partial charge in [-0.15, -0.1) is 0 Å². The van der Waals surface area contributed by atoms with Gasteiger partial charge >= 0.3 is 0 Å². The van der Waals surface area contributed by atoms with E-state index in [-0.39, 0.29) is 24.3 Å². The van der Waals surface area contributed by atoms with Gasteiger partial charge in [0, 0.05) is 74.0 Å². The van der Waals surface area contributed by atoms with Gasteiger partial charge in [-0.25, -0.2) is 23.3 Å². The number of nitrogens with one attached hydrogen (secondary N) is 1. The number of hydrogen-bond donors (Lipinski definition) is 1. The average molecular weight is 797 g/mol. The first-order chi connectivity index (χ1) is 26.2. The topological polar surface area (TPSA) is 119 Å². The molecule has 276 valence electrons. The van der Waals surface area contributed by atoms with Gasteiger partial charge in [0.05, 0.1) is 23.5 Å². The summed E-state index contributed by atoms with van der Waals surface area (Å²) in [6, 6.07) is 14.3. The quantitative estimate of drug-likeness (QED) is 0.220.